The van der Waals surface area contributed by atoms with Gasteiger partial charge in [0.05, 0.1) is 22.4 Å². The second-order valence-corrected chi connectivity index (χ2v) is 8.04. The minimum atomic E-state index is -0.405. The van der Waals surface area contributed by atoms with E-state index in [2.05, 4.69) is 10.3 Å². The minimum absolute atomic E-state index is 0.107. The van der Waals surface area contributed by atoms with Crippen LogP contribution in [0.25, 0.3) is 20.7 Å². The number of ether oxygens (including phenoxy) is 2. The van der Waals surface area contributed by atoms with E-state index in [4.69, 9.17) is 21.1 Å². The summed E-state index contributed by atoms with van der Waals surface area (Å²) in [6.45, 7) is -0.0845. The van der Waals surface area contributed by atoms with Gasteiger partial charge in [0.15, 0.2) is 11.5 Å². The predicted octanol–water partition coefficient (Wildman–Crippen LogP) is 4.15. The summed E-state index contributed by atoms with van der Waals surface area (Å²) in [5.41, 5.74) is 1.13. The van der Waals surface area contributed by atoms with E-state index in [9.17, 15) is 9.59 Å². The van der Waals surface area contributed by atoms with Crippen molar-refractivity contribution in [1.29, 1.82) is 0 Å². The van der Waals surface area contributed by atoms with E-state index >= 15 is 0 Å². The lowest BCUT2D eigenvalue weighted by Crippen LogP contribution is -2.27. The Morgan fingerprint density at radius 2 is 1.93 bits per heavy atom. The zero-order valence-electron chi connectivity index (χ0n) is 15.4. The molecule has 0 saturated carbocycles. The van der Waals surface area contributed by atoms with Gasteiger partial charge in [0.2, 0.25) is 12.7 Å². The lowest BCUT2D eigenvalue weighted by atomic mass is 10.2. The van der Waals surface area contributed by atoms with Gasteiger partial charge in [-0.2, -0.15) is 0 Å². The maximum Gasteiger partial charge on any atom is 0.262 e. The van der Waals surface area contributed by atoms with Crippen LogP contribution in [0.4, 0.5) is 5.69 Å². The summed E-state index contributed by atoms with van der Waals surface area (Å²) in [5.74, 6) is 0.620. The average Bonchev–Trinajstić information content (AvgIpc) is 3.38. The normalized spacial score (nSPS) is 12.3. The van der Waals surface area contributed by atoms with Crippen molar-refractivity contribution < 1.29 is 14.3 Å². The zero-order chi connectivity index (χ0) is 20.7. The molecular formula is C21H14ClN3O4S. The molecule has 9 heteroatoms. The number of thiophene rings is 1. The van der Waals surface area contributed by atoms with Crippen molar-refractivity contribution in [2.45, 2.75) is 6.54 Å². The van der Waals surface area contributed by atoms with Crippen molar-refractivity contribution in [2.75, 3.05) is 12.1 Å². The van der Waals surface area contributed by atoms with Crippen LogP contribution in [0, 0.1) is 0 Å². The van der Waals surface area contributed by atoms with Crippen molar-refractivity contribution in [2.24, 2.45) is 0 Å². The van der Waals surface area contributed by atoms with Gasteiger partial charge in [-0.3, -0.25) is 14.2 Å². The van der Waals surface area contributed by atoms with Crippen LogP contribution in [0.3, 0.4) is 0 Å². The number of halogens is 1. The lowest BCUT2D eigenvalue weighted by Gasteiger charge is -2.09. The van der Waals surface area contributed by atoms with Crippen LogP contribution in [0.1, 0.15) is 0 Å². The molecule has 0 spiro atoms. The van der Waals surface area contributed by atoms with Crippen LogP contribution >= 0.6 is 22.9 Å². The Bertz CT molecular complexity index is 1330. The molecule has 1 aliphatic heterocycles. The molecule has 30 heavy (non-hydrogen) atoms. The molecule has 1 aliphatic rings. The largest absolute Gasteiger partial charge is 0.454 e. The number of amides is 1. The Morgan fingerprint density at radius 1 is 1.17 bits per heavy atom. The van der Waals surface area contributed by atoms with E-state index in [0.29, 0.717) is 32.4 Å². The fraction of sp³-hybridized carbons (Fsp3) is 0.0952. The summed E-state index contributed by atoms with van der Waals surface area (Å²) in [6.07, 6.45) is 1.39. The van der Waals surface area contributed by atoms with Gasteiger partial charge in [-0.1, -0.05) is 41.9 Å². The Balaban J connectivity index is 1.39. The van der Waals surface area contributed by atoms with Crippen molar-refractivity contribution >= 4 is 44.7 Å². The summed E-state index contributed by atoms with van der Waals surface area (Å²) < 4.78 is 11.8. The maximum atomic E-state index is 12.9. The molecule has 0 fully saturated rings. The third kappa shape index (κ3) is 3.40. The minimum Gasteiger partial charge on any atom is -0.454 e. The maximum absolute atomic E-state index is 12.9. The number of benzene rings is 2. The quantitative estimate of drug-likeness (QED) is 0.516. The van der Waals surface area contributed by atoms with E-state index in [0.717, 1.165) is 10.4 Å². The number of fused-ring (bicyclic) bond motifs is 2. The summed E-state index contributed by atoms with van der Waals surface area (Å²) >= 11 is 7.64. The number of rotatable bonds is 4. The summed E-state index contributed by atoms with van der Waals surface area (Å²) in [7, 11) is 0. The molecule has 2 aromatic carbocycles. The van der Waals surface area contributed by atoms with Gasteiger partial charge in [-0.15, -0.1) is 11.3 Å². The highest BCUT2D eigenvalue weighted by molar-refractivity contribution is 7.21. The first kappa shape index (κ1) is 18.7. The molecule has 4 aromatic rings. The second-order valence-electron chi connectivity index (χ2n) is 6.61. The number of hydrogen-bond donors (Lipinski definition) is 1. The SMILES string of the molecule is O=C(Cn1cnc2sc(-c3ccccc3)cc2c1=O)Nc1cc2c(cc1Cl)OCO2. The van der Waals surface area contributed by atoms with Gasteiger partial charge in [0, 0.05) is 17.0 Å². The molecule has 0 unspecified atom stereocenters. The van der Waals surface area contributed by atoms with Crippen LogP contribution < -0.4 is 20.3 Å². The van der Waals surface area contributed by atoms with Gasteiger partial charge in [0.1, 0.15) is 11.4 Å². The van der Waals surface area contributed by atoms with E-state index in [1.807, 2.05) is 36.4 Å². The number of nitrogens with zero attached hydrogens (tertiary/aromatic N) is 2. The van der Waals surface area contributed by atoms with Crippen LogP contribution in [0.5, 0.6) is 11.5 Å². The topological polar surface area (TPSA) is 82.5 Å². The van der Waals surface area contributed by atoms with Gasteiger partial charge >= 0.3 is 0 Å². The molecule has 0 bridgehead atoms. The van der Waals surface area contributed by atoms with Crippen molar-refractivity contribution in [3.05, 3.63) is 70.2 Å². The van der Waals surface area contributed by atoms with Gasteiger partial charge in [-0.05, 0) is 11.6 Å². The Kier molecular flexibility index (Phi) is 4.65. The van der Waals surface area contributed by atoms with Crippen LogP contribution in [-0.2, 0) is 11.3 Å². The molecule has 1 N–H and O–H groups in total. The van der Waals surface area contributed by atoms with E-state index in [1.165, 1.54) is 22.2 Å². The molecule has 3 heterocycles. The highest BCUT2D eigenvalue weighted by Gasteiger charge is 2.18. The van der Waals surface area contributed by atoms with E-state index in [1.54, 1.807) is 12.1 Å². The molecule has 7 nitrogen and oxygen atoms in total. The number of anilines is 1. The molecule has 0 saturated heterocycles. The third-order valence-corrected chi connectivity index (χ3v) is 6.03. The standard InChI is InChI=1S/C21H14ClN3O4S/c22-14-7-16-17(29-11-28-16)8-15(14)24-19(26)9-25-10-23-20-13(21(25)27)6-18(30-20)12-4-2-1-3-5-12/h1-8,10H,9,11H2,(H,24,26). The molecular weight excluding hydrogens is 426 g/mol. The van der Waals surface area contributed by atoms with E-state index in [-0.39, 0.29) is 18.9 Å². The molecule has 0 aliphatic carbocycles. The summed E-state index contributed by atoms with van der Waals surface area (Å²) in [4.78, 5) is 31.3. The highest BCUT2D eigenvalue weighted by atomic mass is 35.5. The van der Waals surface area contributed by atoms with Gasteiger partial charge in [-0.25, -0.2) is 4.98 Å². The summed E-state index contributed by atoms with van der Waals surface area (Å²) in [6, 6.07) is 14.8. The smallest absolute Gasteiger partial charge is 0.262 e. The predicted molar refractivity (Wildman–Crippen MR) is 116 cm³/mol. The number of aromatic nitrogens is 2. The first-order valence-corrected chi connectivity index (χ1v) is 10.2. The van der Waals surface area contributed by atoms with Crippen molar-refractivity contribution in [3.63, 3.8) is 0 Å². The summed E-state index contributed by atoms with van der Waals surface area (Å²) in [5, 5.41) is 3.50. The Hall–Kier alpha value is -3.36. The third-order valence-electron chi connectivity index (χ3n) is 4.63. The van der Waals surface area contributed by atoms with Crippen molar-refractivity contribution in [1.82, 2.24) is 9.55 Å². The first-order valence-electron chi connectivity index (χ1n) is 9.02. The molecule has 0 atom stereocenters. The fourth-order valence-corrected chi connectivity index (χ4v) is 4.37. The molecule has 5 rings (SSSR count). The number of nitrogens with one attached hydrogen (secondary N) is 1. The Morgan fingerprint density at radius 3 is 2.73 bits per heavy atom. The van der Waals surface area contributed by atoms with Crippen LogP contribution in [0.15, 0.2) is 59.7 Å². The van der Waals surface area contributed by atoms with Gasteiger partial charge < -0.3 is 14.8 Å². The van der Waals surface area contributed by atoms with Gasteiger partial charge in [0.25, 0.3) is 5.56 Å². The number of hydrogen-bond acceptors (Lipinski definition) is 6. The fourth-order valence-electron chi connectivity index (χ4n) is 3.17. The zero-order valence-corrected chi connectivity index (χ0v) is 17.0. The van der Waals surface area contributed by atoms with E-state index < -0.39 is 5.91 Å². The Labute approximate surface area is 179 Å². The molecule has 150 valence electrons. The van der Waals surface area contributed by atoms with Crippen LogP contribution in [0.2, 0.25) is 5.02 Å². The molecule has 2 aromatic heterocycles. The van der Waals surface area contributed by atoms with Crippen molar-refractivity contribution in [3.8, 4) is 21.9 Å². The number of carbonyl (C=O) groups excluding carboxylic acids is 1. The molecule has 0 radical (unpaired) electrons. The first-order chi connectivity index (χ1) is 14.6. The van der Waals surface area contributed by atoms with Crippen LogP contribution in [-0.4, -0.2) is 22.3 Å². The monoisotopic (exact) mass is 439 g/mol. The number of carbonyl (C=O) groups is 1. The second kappa shape index (κ2) is 7.47. The lowest BCUT2D eigenvalue weighted by molar-refractivity contribution is -0.116. The highest BCUT2D eigenvalue weighted by Crippen LogP contribution is 2.39. The molecule has 1 amide bonds. The average molecular weight is 440 g/mol.